The van der Waals surface area contributed by atoms with Crippen LogP contribution in [0.2, 0.25) is 5.02 Å². The smallest absolute Gasteiger partial charge is 0.0630 e. The average molecular weight is 346 g/mol. The molecule has 0 aromatic heterocycles. The fraction of sp³-hybridized carbons (Fsp3) is 0.0870. The van der Waals surface area contributed by atoms with Crippen LogP contribution in [-0.4, -0.2) is 6.21 Å². The summed E-state index contributed by atoms with van der Waals surface area (Å²) < 4.78 is 0. The van der Waals surface area contributed by atoms with E-state index in [1.54, 1.807) is 0 Å². The van der Waals surface area contributed by atoms with Crippen LogP contribution in [0.4, 0.5) is 5.69 Å². The molecule has 3 rings (SSSR count). The lowest BCUT2D eigenvalue weighted by Crippen LogP contribution is -1.85. The van der Waals surface area contributed by atoms with E-state index < -0.39 is 0 Å². The maximum atomic E-state index is 5.93. The number of aryl methyl sites for hydroxylation is 1. The van der Waals surface area contributed by atoms with Crippen LogP contribution in [0.1, 0.15) is 17.5 Å². The van der Waals surface area contributed by atoms with Gasteiger partial charge in [0.15, 0.2) is 0 Å². The number of benzene rings is 3. The largest absolute Gasteiger partial charge is 0.256 e. The van der Waals surface area contributed by atoms with E-state index in [0.29, 0.717) is 0 Å². The molecule has 0 saturated carbocycles. The molecule has 0 amide bonds. The minimum Gasteiger partial charge on any atom is -0.256 e. The quantitative estimate of drug-likeness (QED) is 0.341. The highest BCUT2D eigenvalue weighted by molar-refractivity contribution is 6.30. The van der Waals surface area contributed by atoms with Crippen molar-refractivity contribution in [3.8, 4) is 11.1 Å². The van der Waals surface area contributed by atoms with E-state index in [9.17, 15) is 0 Å². The normalized spacial score (nSPS) is 10.9. The van der Waals surface area contributed by atoms with E-state index in [1.807, 2.05) is 48.7 Å². The van der Waals surface area contributed by atoms with Gasteiger partial charge in [0.25, 0.3) is 0 Å². The lowest BCUT2D eigenvalue weighted by molar-refractivity contribution is 1.00. The van der Waals surface area contributed by atoms with Crippen LogP contribution >= 0.6 is 11.6 Å². The molecule has 0 atom stereocenters. The van der Waals surface area contributed by atoms with Gasteiger partial charge in [0, 0.05) is 11.2 Å². The van der Waals surface area contributed by atoms with E-state index in [2.05, 4.69) is 48.0 Å². The van der Waals surface area contributed by atoms with Crippen molar-refractivity contribution in [2.45, 2.75) is 12.8 Å². The molecule has 0 unspecified atom stereocenters. The van der Waals surface area contributed by atoms with Gasteiger partial charge in [-0.1, -0.05) is 66.2 Å². The second-order valence-electron chi connectivity index (χ2n) is 5.88. The summed E-state index contributed by atoms with van der Waals surface area (Å²) in [4.78, 5) is 4.55. The summed E-state index contributed by atoms with van der Waals surface area (Å²) in [7, 11) is 0. The standard InChI is InChI=1S/C23H20ClN/c1-2-3-4-18-5-7-19(8-6-18)17-25-23-15-11-21(12-16-23)20-9-13-22(24)14-10-20/h2,5-17H,1,3-4H2. The van der Waals surface area contributed by atoms with Gasteiger partial charge in [-0.05, 0) is 59.4 Å². The molecule has 3 aromatic rings. The monoisotopic (exact) mass is 345 g/mol. The van der Waals surface area contributed by atoms with Crippen LogP contribution in [-0.2, 0) is 6.42 Å². The predicted molar refractivity (Wildman–Crippen MR) is 109 cm³/mol. The lowest BCUT2D eigenvalue weighted by atomic mass is 10.1. The molecule has 1 nitrogen and oxygen atoms in total. The third kappa shape index (κ3) is 4.91. The Kier molecular flexibility index (Phi) is 5.81. The molecular weight excluding hydrogens is 326 g/mol. The van der Waals surface area contributed by atoms with Crippen molar-refractivity contribution in [3.63, 3.8) is 0 Å². The van der Waals surface area contributed by atoms with Gasteiger partial charge in [-0.15, -0.1) is 6.58 Å². The fourth-order valence-corrected chi connectivity index (χ4v) is 2.70. The molecule has 0 radical (unpaired) electrons. The Balaban J connectivity index is 1.67. The molecule has 0 spiro atoms. The Morgan fingerprint density at radius 3 is 2.00 bits per heavy atom. The number of allylic oxidation sites excluding steroid dienone is 1. The Morgan fingerprint density at radius 2 is 1.40 bits per heavy atom. The number of rotatable bonds is 6. The first-order chi connectivity index (χ1) is 12.2. The number of hydrogen-bond acceptors (Lipinski definition) is 1. The molecule has 0 aliphatic heterocycles. The number of hydrogen-bond donors (Lipinski definition) is 0. The SMILES string of the molecule is C=CCCc1ccc(C=Nc2ccc(-c3ccc(Cl)cc3)cc2)cc1. The summed E-state index contributed by atoms with van der Waals surface area (Å²) in [5, 5.41) is 0.750. The van der Waals surface area contributed by atoms with Gasteiger partial charge >= 0.3 is 0 Å². The van der Waals surface area contributed by atoms with Gasteiger partial charge in [-0.3, -0.25) is 4.99 Å². The summed E-state index contributed by atoms with van der Waals surface area (Å²) in [6, 6.07) is 24.6. The Bertz CT molecular complexity index is 844. The summed E-state index contributed by atoms with van der Waals surface area (Å²) in [6.45, 7) is 3.76. The summed E-state index contributed by atoms with van der Waals surface area (Å²) >= 11 is 5.93. The van der Waals surface area contributed by atoms with E-state index in [4.69, 9.17) is 11.6 Å². The maximum Gasteiger partial charge on any atom is 0.0630 e. The first kappa shape index (κ1) is 17.2. The molecule has 0 heterocycles. The lowest BCUT2D eigenvalue weighted by Gasteiger charge is -2.02. The molecule has 0 aliphatic carbocycles. The van der Waals surface area contributed by atoms with Gasteiger partial charge < -0.3 is 0 Å². The van der Waals surface area contributed by atoms with E-state index in [0.717, 1.165) is 40.2 Å². The van der Waals surface area contributed by atoms with Gasteiger partial charge in [0.1, 0.15) is 0 Å². The summed E-state index contributed by atoms with van der Waals surface area (Å²) in [6.07, 6.45) is 5.89. The highest BCUT2D eigenvalue weighted by Crippen LogP contribution is 2.24. The number of aliphatic imine (C=N–C) groups is 1. The summed E-state index contributed by atoms with van der Waals surface area (Å²) in [5.74, 6) is 0. The highest BCUT2D eigenvalue weighted by Gasteiger charge is 1.98. The second-order valence-corrected chi connectivity index (χ2v) is 6.32. The van der Waals surface area contributed by atoms with Crippen LogP contribution in [0.15, 0.2) is 90.4 Å². The second kappa shape index (κ2) is 8.46. The van der Waals surface area contributed by atoms with E-state index in [1.165, 1.54) is 5.56 Å². The van der Waals surface area contributed by atoms with Crippen molar-refractivity contribution in [1.29, 1.82) is 0 Å². The van der Waals surface area contributed by atoms with E-state index in [-0.39, 0.29) is 0 Å². The zero-order valence-corrected chi connectivity index (χ0v) is 14.8. The maximum absolute atomic E-state index is 5.93. The van der Waals surface area contributed by atoms with Crippen molar-refractivity contribution in [1.82, 2.24) is 0 Å². The first-order valence-corrected chi connectivity index (χ1v) is 8.72. The van der Waals surface area contributed by atoms with Gasteiger partial charge in [0.05, 0.1) is 5.69 Å². The fourth-order valence-electron chi connectivity index (χ4n) is 2.57. The predicted octanol–water partition coefficient (Wildman–Crippen LogP) is 6.88. The van der Waals surface area contributed by atoms with Crippen LogP contribution < -0.4 is 0 Å². The van der Waals surface area contributed by atoms with Gasteiger partial charge in [0.2, 0.25) is 0 Å². The number of nitrogens with zero attached hydrogens (tertiary/aromatic N) is 1. The molecule has 0 bridgehead atoms. The van der Waals surface area contributed by atoms with Crippen LogP contribution in [0.5, 0.6) is 0 Å². The molecule has 25 heavy (non-hydrogen) atoms. The molecule has 0 aliphatic rings. The Hall–Kier alpha value is -2.64. The minimum absolute atomic E-state index is 0.750. The molecule has 3 aromatic carbocycles. The van der Waals surface area contributed by atoms with Gasteiger partial charge in [-0.25, -0.2) is 0 Å². The van der Waals surface area contributed by atoms with Crippen molar-refractivity contribution in [3.05, 3.63) is 102 Å². The topological polar surface area (TPSA) is 12.4 Å². The molecule has 124 valence electrons. The van der Waals surface area contributed by atoms with E-state index >= 15 is 0 Å². The van der Waals surface area contributed by atoms with Crippen molar-refractivity contribution < 1.29 is 0 Å². The van der Waals surface area contributed by atoms with Crippen LogP contribution in [0.25, 0.3) is 11.1 Å². The van der Waals surface area contributed by atoms with Crippen LogP contribution in [0.3, 0.4) is 0 Å². The Labute approximate surface area is 154 Å². The molecular formula is C23H20ClN. The minimum atomic E-state index is 0.750. The Morgan fingerprint density at radius 1 is 0.800 bits per heavy atom. The first-order valence-electron chi connectivity index (χ1n) is 8.34. The third-order valence-electron chi connectivity index (χ3n) is 4.02. The highest BCUT2D eigenvalue weighted by atomic mass is 35.5. The van der Waals surface area contributed by atoms with Crippen molar-refractivity contribution >= 4 is 23.5 Å². The summed E-state index contributed by atoms with van der Waals surface area (Å²) in [5.41, 5.74) is 5.67. The number of halogens is 1. The van der Waals surface area contributed by atoms with Crippen LogP contribution in [0, 0.1) is 0 Å². The molecule has 0 saturated heterocycles. The molecule has 0 fully saturated rings. The zero-order valence-electron chi connectivity index (χ0n) is 14.0. The zero-order chi connectivity index (χ0) is 17.5. The van der Waals surface area contributed by atoms with Crippen molar-refractivity contribution in [2.75, 3.05) is 0 Å². The third-order valence-corrected chi connectivity index (χ3v) is 4.28. The molecule has 2 heteroatoms. The van der Waals surface area contributed by atoms with Gasteiger partial charge in [-0.2, -0.15) is 0 Å². The molecule has 0 N–H and O–H groups in total. The average Bonchev–Trinajstić information content (AvgIpc) is 2.67. The van der Waals surface area contributed by atoms with Crippen molar-refractivity contribution in [2.24, 2.45) is 4.99 Å².